The zero-order chi connectivity index (χ0) is 17.8. The van der Waals surface area contributed by atoms with Gasteiger partial charge in [-0.1, -0.05) is 50.1 Å². The summed E-state index contributed by atoms with van der Waals surface area (Å²) in [5.41, 5.74) is 2.23. The van der Waals surface area contributed by atoms with Gasteiger partial charge in [-0.25, -0.2) is 14.4 Å². The Kier molecular flexibility index (Phi) is 5.31. The molecule has 0 spiro atoms. The molecule has 0 fully saturated rings. The summed E-state index contributed by atoms with van der Waals surface area (Å²) in [7, 11) is 0. The van der Waals surface area contributed by atoms with Crippen LogP contribution < -0.4 is 5.32 Å². The van der Waals surface area contributed by atoms with Crippen LogP contribution in [0, 0.1) is 12.7 Å². The van der Waals surface area contributed by atoms with Crippen LogP contribution in [-0.4, -0.2) is 20.6 Å². The smallest absolute Gasteiger partial charge is 0.167 e. The van der Waals surface area contributed by atoms with Crippen LogP contribution in [0.2, 0.25) is 0 Å². The van der Waals surface area contributed by atoms with E-state index in [-0.39, 0.29) is 11.9 Å². The summed E-state index contributed by atoms with van der Waals surface area (Å²) < 4.78 is 16.4. The highest BCUT2D eigenvalue weighted by Crippen LogP contribution is 2.26. The molecule has 0 saturated carbocycles. The molecule has 0 bridgehead atoms. The molecule has 25 heavy (non-hydrogen) atoms. The van der Waals surface area contributed by atoms with Crippen LogP contribution in [0.1, 0.15) is 44.5 Å². The third-order valence-electron chi connectivity index (χ3n) is 4.35. The molecular weight excluding hydrogens is 315 g/mol. The Bertz CT molecular complexity index is 842. The SMILES string of the molecule is CCCCC(C)Nc1nc(C)nc2c(F)cn(Cc3ccccc3)c12. The maximum Gasteiger partial charge on any atom is 0.167 e. The molecule has 0 aliphatic rings. The third kappa shape index (κ3) is 3.98. The predicted molar refractivity (Wildman–Crippen MR) is 100 cm³/mol. The van der Waals surface area contributed by atoms with Crippen molar-refractivity contribution in [3.8, 4) is 0 Å². The zero-order valence-electron chi connectivity index (χ0n) is 15.1. The van der Waals surface area contributed by atoms with E-state index in [1.165, 1.54) is 6.20 Å². The summed E-state index contributed by atoms with van der Waals surface area (Å²) in [5.74, 6) is 0.987. The maximum absolute atomic E-state index is 14.5. The molecule has 1 N–H and O–H groups in total. The Hall–Kier alpha value is -2.43. The largest absolute Gasteiger partial charge is 0.366 e. The molecule has 132 valence electrons. The Morgan fingerprint density at radius 3 is 2.68 bits per heavy atom. The minimum atomic E-state index is -0.305. The van der Waals surface area contributed by atoms with Gasteiger partial charge in [0.1, 0.15) is 16.9 Å². The summed E-state index contributed by atoms with van der Waals surface area (Å²) in [4.78, 5) is 8.88. The lowest BCUT2D eigenvalue weighted by molar-refractivity contribution is 0.627. The monoisotopic (exact) mass is 340 g/mol. The minimum absolute atomic E-state index is 0.278. The molecule has 0 radical (unpaired) electrons. The number of halogens is 1. The van der Waals surface area contributed by atoms with Gasteiger partial charge in [0.2, 0.25) is 0 Å². The first-order chi connectivity index (χ1) is 12.1. The van der Waals surface area contributed by atoms with Crippen molar-refractivity contribution in [2.75, 3.05) is 5.32 Å². The molecule has 3 aromatic rings. The van der Waals surface area contributed by atoms with E-state index in [4.69, 9.17) is 0 Å². The van der Waals surface area contributed by atoms with Crippen molar-refractivity contribution in [2.24, 2.45) is 0 Å². The zero-order valence-corrected chi connectivity index (χ0v) is 15.1. The Labute approximate surface area is 148 Å². The number of fused-ring (bicyclic) bond motifs is 1. The molecule has 0 saturated heterocycles. The maximum atomic E-state index is 14.5. The van der Waals surface area contributed by atoms with Crippen LogP contribution in [0.25, 0.3) is 11.0 Å². The second-order valence-electron chi connectivity index (χ2n) is 6.59. The van der Waals surface area contributed by atoms with Gasteiger partial charge in [0.15, 0.2) is 11.6 Å². The third-order valence-corrected chi connectivity index (χ3v) is 4.35. The summed E-state index contributed by atoms with van der Waals surface area (Å²) >= 11 is 0. The Morgan fingerprint density at radius 2 is 1.96 bits per heavy atom. The van der Waals surface area contributed by atoms with E-state index >= 15 is 0 Å². The fourth-order valence-corrected chi connectivity index (χ4v) is 3.09. The van der Waals surface area contributed by atoms with Crippen LogP contribution in [0.4, 0.5) is 10.2 Å². The molecule has 0 amide bonds. The van der Waals surface area contributed by atoms with Crippen LogP contribution in [0.15, 0.2) is 36.5 Å². The van der Waals surface area contributed by atoms with E-state index in [1.807, 2.05) is 34.9 Å². The van der Waals surface area contributed by atoms with E-state index in [9.17, 15) is 4.39 Å². The van der Waals surface area contributed by atoms with Crippen molar-refractivity contribution in [2.45, 2.75) is 52.6 Å². The van der Waals surface area contributed by atoms with Gasteiger partial charge in [-0.05, 0) is 25.8 Å². The Morgan fingerprint density at radius 1 is 1.20 bits per heavy atom. The normalized spacial score (nSPS) is 12.5. The van der Waals surface area contributed by atoms with Crippen molar-refractivity contribution in [3.63, 3.8) is 0 Å². The highest BCUT2D eigenvalue weighted by atomic mass is 19.1. The Balaban J connectivity index is 2.00. The van der Waals surface area contributed by atoms with Crippen molar-refractivity contribution in [1.82, 2.24) is 14.5 Å². The van der Waals surface area contributed by atoms with E-state index in [0.29, 0.717) is 23.7 Å². The van der Waals surface area contributed by atoms with E-state index in [2.05, 4.69) is 29.1 Å². The van der Waals surface area contributed by atoms with Crippen molar-refractivity contribution in [3.05, 3.63) is 53.7 Å². The quantitative estimate of drug-likeness (QED) is 0.664. The van der Waals surface area contributed by atoms with Crippen molar-refractivity contribution >= 4 is 16.9 Å². The predicted octanol–water partition coefficient (Wildman–Crippen LogP) is 4.92. The van der Waals surface area contributed by atoms with Gasteiger partial charge in [-0.15, -0.1) is 0 Å². The van der Waals surface area contributed by atoms with Gasteiger partial charge in [0, 0.05) is 18.8 Å². The first kappa shape index (κ1) is 17.4. The highest BCUT2D eigenvalue weighted by molar-refractivity contribution is 5.87. The number of nitrogens with one attached hydrogen (secondary N) is 1. The molecule has 5 heteroatoms. The van der Waals surface area contributed by atoms with Crippen LogP contribution >= 0.6 is 0 Å². The van der Waals surface area contributed by atoms with E-state index in [1.54, 1.807) is 6.92 Å². The minimum Gasteiger partial charge on any atom is -0.366 e. The topological polar surface area (TPSA) is 42.7 Å². The molecular formula is C20H25FN4. The number of aryl methyl sites for hydroxylation is 1. The number of anilines is 1. The summed E-state index contributed by atoms with van der Waals surface area (Å²) in [5, 5.41) is 3.46. The first-order valence-corrected chi connectivity index (χ1v) is 8.92. The number of rotatable bonds is 7. The number of unbranched alkanes of at least 4 members (excludes halogenated alkanes) is 1. The number of nitrogens with zero attached hydrogens (tertiary/aromatic N) is 3. The molecule has 0 aliphatic carbocycles. The standard InChI is InChI=1S/C20H25FN4/c1-4-5-9-14(2)22-20-19-18(23-15(3)24-20)17(21)13-25(19)12-16-10-7-6-8-11-16/h6-8,10-11,13-14H,4-5,9,12H2,1-3H3,(H,22,23,24). The molecule has 1 atom stereocenters. The molecule has 1 unspecified atom stereocenters. The van der Waals surface area contributed by atoms with Gasteiger partial charge < -0.3 is 9.88 Å². The van der Waals surface area contributed by atoms with Crippen molar-refractivity contribution in [1.29, 1.82) is 0 Å². The highest BCUT2D eigenvalue weighted by Gasteiger charge is 2.17. The molecule has 2 heterocycles. The van der Waals surface area contributed by atoms with Gasteiger partial charge >= 0.3 is 0 Å². The van der Waals surface area contributed by atoms with Gasteiger partial charge in [0.25, 0.3) is 0 Å². The second-order valence-corrected chi connectivity index (χ2v) is 6.59. The van der Waals surface area contributed by atoms with Crippen molar-refractivity contribution < 1.29 is 4.39 Å². The fraction of sp³-hybridized carbons (Fsp3) is 0.400. The van der Waals surface area contributed by atoms with Crippen LogP contribution in [-0.2, 0) is 6.54 Å². The molecule has 2 aromatic heterocycles. The van der Waals surface area contributed by atoms with Gasteiger partial charge in [-0.3, -0.25) is 0 Å². The first-order valence-electron chi connectivity index (χ1n) is 8.92. The van der Waals surface area contributed by atoms with Crippen LogP contribution in [0.5, 0.6) is 0 Å². The molecule has 3 rings (SSSR count). The number of aromatic nitrogens is 3. The lowest BCUT2D eigenvalue weighted by atomic mass is 10.1. The van der Waals surface area contributed by atoms with Crippen LogP contribution in [0.3, 0.4) is 0 Å². The summed E-state index contributed by atoms with van der Waals surface area (Å²) in [6, 6.07) is 10.3. The average Bonchev–Trinajstić information content (AvgIpc) is 2.89. The van der Waals surface area contributed by atoms with E-state index in [0.717, 1.165) is 30.3 Å². The average molecular weight is 340 g/mol. The molecule has 0 aliphatic heterocycles. The number of hydrogen-bond acceptors (Lipinski definition) is 3. The molecule has 4 nitrogen and oxygen atoms in total. The molecule has 1 aromatic carbocycles. The lowest BCUT2D eigenvalue weighted by Gasteiger charge is -2.16. The van der Waals surface area contributed by atoms with Gasteiger partial charge in [0.05, 0.1) is 0 Å². The number of hydrogen-bond donors (Lipinski definition) is 1. The van der Waals surface area contributed by atoms with Gasteiger partial charge in [-0.2, -0.15) is 0 Å². The fourth-order valence-electron chi connectivity index (χ4n) is 3.09. The summed E-state index contributed by atoms with van der Waals surface area (Å²) in [6.45, 7) is 6.71. The van der Waals surface area contributed by atoms with E-state index < -0.39 is 0 Å². The second kappa shape index (κ2) is 7.64. The summed E-state index contributed by atoms with van der Waals surface area (Å²) in [6.07, 6.45) is 4.89. The lowest BCUT2D eigenvalue weighted by Crippen LogP contribution is -2.17. The number of benzene rings is 1.